The van der Waals surface area contributed by atoms with Crippen LogP contribution in [0.2, 0.25) is 0 Å². The SMILES string of the molecule is C#CC(CC)(CC)NC(=O)Nc1ccccc1F. The Hall–Kier alpha value is -2.02. The molecule has 4 heteroatoms. The van der Waals surface area contributed by atoms with Gasteiger partial charge in [0.25, 0.3) is 0 Å². The van der Waals surface area contributed by atoms with Gasteiger partial charge in [0.1, 0.15) is 11.4 Å². The second kappa shape index (κ2) is 6.06. The number of amides is 2. The van der Waals surface area contributed by atoms with Crippen molar-refractivity contribution in [2.45, 2.75) is 32.2 Å². The molecule has 0 spiro atoms. The van der Waals surface area contributed by atoms with Crippen molar-refractivity contribution in [2.24, 2.45) is 0 Å². The topological polar surface area (TPSA) is 41.1 Å². The summed E-state index contributed by atoms with van der Waals surface area (Å²) in [5, 5.41) is 5.15. The second-order valence-corrected chi connectivity index (χ2v) is 3.99. The molecular weight excluding hydrogens is 231 g/mol. The zero-order chi connectivity index (χ0) is 13.6. The van der Waals surface area contributed by atoms with Gasteiger partial charge < -0.3 is 10.6 Å². The Morgan fingerprint density at radius 2 is 2.00 bits per heavy atom. The van der Waals surface area contributed by atoms with E-state index in [2.05, 4.69) is 16.6 Å². The third-order valence-corrected chi connectivity index (χ3v) is 2.96. The first kappa shape index (κ1) is 14.0. The lowest BCUT2D eigenvalue weighted by Gasteiger charge is -2.27. The summed E-state index contributed by atoms with van der Waals surface area (Å²) >= 11 is 0. The Kier molecular flexibility index (Phi) is 4.73. The van der Waals surface area contributed by atoms with Crippen LogP contribution >= 0.6 is 0 Å². The van der Waals surface area contributed by atoms with Gasteiger partial charge in [0, 0.05) is 0 Å². The van der Waals surface area contributed by atoms with E-state index in [0.29, 0.717) is 12.8 Å². The van der Waals surface area contributed by atoms with Gasteiger partial charge in [-0.05, 0) is 25.0 Å². The van der Waals surface area contributed by atoms with Crippen LogP contribution in [0.15, 0.2) is 24.3 Å². The Balaban J connectivity index is 2.74. The highest BCUT2D eigenvalue weighted by Gasteiger charge is 2.25. The monoisotopic (exact) mass is 248 g/mol. The second-order valence-electron chi connectivity index (χ2n) is 3.99. The number of carbonyl (C=O) groups excluding carboxylic acids is 1. The first-order chi connectivity index (χ1) is 8.56. The van der Waals surface area contributed by atoms with E-state index in [4.69, 9.17) is 6.42 Å². The molecule has 1 aromatic carbocycles. The molecule has 2 amide bonds. The number of benzene rings is 1. The molecule has 0 aliphatic rings. The molecule has 0 aliphatic heterocycles. The van der Waals surface area contributed by atoms with E-state index in [1.165, 1.54) is 12.1 Å². The van der Waals surface area contributed by atoms with Crippen LogP contribution in [0.5, 0.6) is 0 Å². The maximum atomic E-state index is 13.3. The van der Waals surface area contributed by atoms with Gasteiger partial charge >= 0.3 is 6.03 Å². The van der Waals surface area contributed by atoms with Crippen molar-refractivity contribution in [3.63, 3.8) is 0 Å². The fourth-order valence-electron chi connectivity index (χ4n) is 1.60. The minimum atomic E-state index is -0.685. The largest absolute Gasteiger partial charge is 0.322 e. The number of hydrogen-bond acceptors (Lipinski definition) is 1. The van der Waals surface area contributed by atoms with Crippen LogP contribution in [-0.2, 0) is 0 Å². The summed E-state index contributed by atoms with van der Waals surface area (Å²) in [6, 6.07) is 5.48. The molecule has 96 valence electrons. The molecule has 3 nitrogen and oxygen atoms in total. The van der Waals surface area contributed by atoms with E-state index in [0.717, 1.165) is 0 Å². The van der Waals surface area contributed by atoms with Crippen molar-refractivity contribution in [1.82, 2.24) is 5.32 Å². The number of carbonyl (C=O) groups is 1. The van der Waals surface area contributed by atoms with E-state index in [-0.39, 0.29) is 5.69 Å². The number of rotatable bonds is 4. The zero-order valence-corrected chi connectivity index (χ0v) is 10.6. The van der Waals surface area contributed by atoms with E-state index in [1.54, 1.807) is 12.1 Å². The predicted octanol–water partition coefficient (Wildman–Crippen LogP) is 3.14. The molecule has 0 aromatic heterocycles. The Morgan fingerprint density at radius 3 is 2.50 bits per heavy atom. The van der Waals surface area contributed by atoms with Gasteiger partial charge in [0.15, 0.2) is 0 Å². The molecule has 0 bridgehead atoms. The van der Waals surface area contributed by atoms with E-state index in [9.17, 15) is 9.18 Å². The Morgan fingerprint density at radius 1 is 1.39 bits per heavy atom. The number of anilines is 1. The van der Waals surface area contributed by atoms with Crippen LogP contribution in [0, 0.1) is 18.2 Å². The minimum Gasteiger partial charge on any atom is -0.322 e. The molecule has 0 saturated carbocycles. The van der Waals surface area contributed by atoms with Crippen LogP contribution in [0.3, 0.4) is 0 Å². The summed E-state index contributed by atoms with van der Waals surface area (Å²) in [4.78, 5) is 11.8. The van der Waals surface area contributed by atoms with Crippen LogP contribution in [0.25, 0.3) is 0 Å². The molecule has 2 N–H and O–H groups in total. The molecule has 0 radical (unpaired) electrons. The normalized spacial score (nSPS) is 10.6. The average molecular weight is 248 g/mol. The van der Waals surface area contributed by atoms with Gasteiger partial charge in [-0.3, -0.25) is 0 Å². The van der Waals surface area contributed by atoms with Crippen LogP contribution < -0.4 is 10.6 Å². The predicted molar refractivity (Wildman–Crippen MR) is 70.7 cm³/mol. The Bertz CT molecular complexity index is 461. The van der Waals surface area contributed by atoms with Gasteiger partial charge in [0.05, 0.1) is 5.69 Å². The van der Waals surface area contributed by atoms with E-state index >= 15 is 0 Å². The third kappa shape index (κ3) is 3.24. The summed E-state index contributed by atoms with van der Waals surface area (Å²) < 4.78 is 13.3. The number of hydrogen-bond donors (Lipinski definition) is 2. The standard InChI is InChI=1S/C14H17FN2O/c1-4-14(5-2,6-3)17-13(18)16-12-10-8-7-9-11(12)15/h1,7-10H,5-6H2,2-3H3,(H2,16,17,18). The van der Waals surface area contributed by atoms with Gasteiger partial charge in [-0.2, -0.15) is 0 Å². The minimum absolute atomic E-state index is 0.133. The summed E-state index contributed by atoms with van der Waals surface area (Å²) in [5.41, 5.74) is -0.553. The van der Waals surface area contributed by atoms with Crippen molar-refractivity contribution < 1.29 is 9.18 Å². The van der Waals surface area contributed by atoms with E-state index in [1.807, 2.05) is 13.8 Å². The molecule has 1 rings (SSSR count). The quantitative estimate of drug-likeness (QED) is 0.790. The average Bonchev–Trinajstić information content (AvgIpc) is 2.39. The van der Waals surface area contributed by atoms with E-state index < -0.39 is 17.4 Å². The molecule has 0 atom stereocenters. The molecular formula is C14H17FN2O. The fraction of sp³-hybridized carbons (Fsp3) is 0.357. The number of terminal acetylenes is 1. The molecule has 0 aliphatic carbocycles. The first-order valence-electron chi connectivity index (χ1n) is 5.88. The molecule has 0 heterocycles. The van der Waals surface area contributed by atoms with Crippen molar-refractivity contribution in [1.29, 1.82) is 0 Å². The zero-order valence-electron chi connectivity index (χ0n) is 10.6. The van der Waals surface area contributed by atoms with Gasteiger partial charge in [0.2, 0.25) is 0 Å². The van der Waals surface area contributed by atoms with Gasteiger partial charge in [-0.15, -0.1) is 6.42 Å². The highest BCUT2D eigenvalue weighted by atomic mass is 19.1. The highest BCUT2D eigenvalue weighted by molar-refractivity contribution is 5.90. The van der Waals surface area contributed by atoms with Crippen LogP contribution in [-0.4, -0.2) is 11.6 Å². The van der Waals surface area contributed by atoms with Crippen molar-refractivity contribution >= 4 is 11.7 Å². The summed E-state index contributed by atoms with van der Waals surface area (Å²) in [7, 11) is 0. The maximum absolute atomic E-state index is 13.3. The fourth-order valence-corrected chi connectivity index (χ4v) is 1.60. The van der Waals surface area contributed by atoms with Crippen LogP contribution in [0.4, 0.5) is 14.9 Å². The van der Waals surface area contributed by atoms with Gasteiger partial charge in [-0.1, -0.05) is 31.9 Å². The third-order valence-electron chi connectivity index (χ3n) is 2.96. The first-order valence-corrected chi connectivity index (χ1v) is 5.88. The summed E-state index contributed by atoms with van der Waals surface area (Å²) in [6.07, 6.45) is 6.67. The number of urea groups is 1. The smallest absolute Gasteiger partial charge is 0.320 e. The molecule has 18 heavy (non-hydrogen) atoms. The lowest BCUT2D eigenvalue weighted by Crippen LogP contribution is -2.48. The van der Waals surface area contributed by atoms with Crippen molar-refractivity contribution in [3.8, 4) is 12.3 Å². The lowest BCUT2D eigenvalue weighted by molar-refractivity contribution is 0.242. The summed E-state index contributed by atoms with van der Waals surface area (Å²) in [5.74, 6) is 2.10. The van der Waals surface area contributed by atoms with Crippen molar-refractivity contribution in [3.05, 3.63) is 30.1 Å². The number of halogens is 1. The van der Waals surface area contributed by atoms with Crippen LogP contribution in [0.1, 0.15) is 26.7 Å². The molecule has 0 fully saturated rings. The highest BCUT2D eigenvalue weighted by Crippen LogP contribution is 2.15. The molecule has 1 aromatic rings. The lowest BCUT2D eigenvalue weighted by atomic mass is 9.94. The Labute approximate surface area is 107 Å². The van der Waals surface area contributed by atoms with Crippen molar-refractivity contribution in [2.75, 3.05) is 5.32 Å². The molecule has 0 unspecified atom stereocenters. The maximum Gasteiger partial charge on any atom is 0.320 e. The number of nitrogens with one attached hydrogen (secondary N) is 2. The molecule has 0 saturated heterocycles. The number of para-hydroxylation sites is 1. The van der Waals surface area contributed by atoms with Gasteiger partial charge in [-0.25, -0.2) is 9.18 Å². The summed E-state index contributed by atoms with van der Waals surface area (Å²) in [6.45, 7) is 3.79.